The SMILES string of the molecule is Cc1cccc(CN2CCC(F)(F)[C@]3(CCN(c4ncccn4)C3)C2)n1. The lowest BCUT2D eigenvalue weighted by molar-refractivity contribution is -0.159. The molecule has 0 saturated carbocycles. The molecule has 2 aliphatic rings. The van der Waals surface area contributed by atoms with E-state index in [0.29, 0.717) is 45.1 Å². The molecule has 2 aliphatic heterocycles. The number of hydrogen-bond acceptors (Lipinski definition) is 5. The van der Waals surface area contributed by atoms with Gasteiger partial charge in [-0.1, -0.05) is 6.07 Å². The summed E-state index contributed by atoms with van der Waals surface area (Å²) in [7, 11) is 0. The molecular formula is C19H23F2N5. The van der Waals surface area contributed by atoms with E-state index in [1.165, 1.54) is 0 Å². The van der Waals surface area contributed by atoms with Gasteiger partial charge in [0.05, 0.1) is 11.1 Å². The van der Waals surface area contributed by atoms with Crippen LogP contribution in [0.25, 0.3) is 0 Å². The van der Waals surface area contributed by atoms with Gasteiger partial charge in [-0.05, 0) is 31.5 Å². The standard InChI is InChI=1S/C19H23F2N5/c1-15-4-2-5-16(24-15)12-25-10-7-19(20,21)18(13-25)6-11-26(14-18)17-22-8-3-9-23-17/h2-5,8-9H,6-7,10-14H2,1H3/t18-/m1/s1. The van der Waals surface area contributed by atoms with Crippen molar-refractivity contribution in [3.8, 4) is 0 Å². The molecule has 2 aromatic rings. The van der Waals surface area contributed by atoms with E-state index in [4.69, 9.17) is 0 Å². The Labute approximate surface area is 152 Å². The lowest BCUT2D eigenvalue weighted by atomic mass is 9.75. The van der Waals surface area contributed by atoms with Crippen molar-refractivity contribution in [1.29, 1.82) is 0 Å². The summed E-state index contributed by atoms with van der Waals surface area (Å²) in [6.45, 7) is 4.19. The number of hydrogen-bond donors (Lipinski definition) is 0. The van der Waals surface area contributed by atoms with Gasteiger partial charge in [0.1, 0.15) is 0 Å². The van der Waals surface area contributed by atoms with Gasteiger partial charge in [-0.15, -0.1) is 0 Å². The van der Waals surface area contributed by atoms with E-state index in [-0.39, 0.29) is 6.42 Å². The van der Waals surface area contributed by atoms with Crippen molar-refractivity contribution in [2.24, 2.45) is 5.41 Å². The van der Waals surface area contributed by atoms with E-state index in [2.05, 4.69) is 19.9 Å². The van der Waals surface area contributed by atoms with Gasteiger partial charge in [0.15, 0.2) is 0 Å². The molecule has 2 fully saturated rings. The zero-order chi connectivity index (χ0) is 18.2. The predicted octanol–water partition coefficient (Wildman–Crippen LogP) is 2.92. The lowest BCUT2D eigenvalue weighted by Gasteiger charge is -2.45. The monoisotopic (exact) mass is 359 g/mol. The molecule has 0 unspecified atom stereocenters. The molecule has 1 atom stereocenters. The third-order valence-electron chi connectivity index (χ3n) is 5.56. The normalized spacial score (nSPS) is 25.7. The van der Waals surface area contributed by atoms with Gasteiger partial charge in [-0.25, -0.2) is 18.7 Å². The van der Waals surface area contributed by atoms with Crippen LogP contribution < -0.4 is 4.90 Å². The fourth-order valence-corrected chi connectivity index (χ4v) is 4.16. The molecule has 138 valence electrons. The second-order valence-electron chi connectivity index (χ2n) is 7.44. The Morgan fingerprint density at radius 2 is 1.85 bits per heavy atom. The molecule has 26 heavy (non-hydrogen) atoms. The number of nitrogens with zero attached hydrogens (tertiary/aromatic N) is 5. The average molecular weight is 359 g/mol. The predicted molar refractivity (Wildman–Crippen MR) is 95.1 cm³/mol. The first-order valence-electron chi connectivity index (χ1n) is 9.02. The summed E-state index contributed by atoms with van der Waals surface area (Å²) in [5.74, 6) is -2.13. The van der Waals surface area contributed by atoms with Crippen LogP contribution in [0.1, 0.15) is 24.2 Å². The maximum absolute atomic E-state index is 14.9. The molecule has 4 heterocycles. The van der Waals surface area contributed by atoms with Crippen LogP contribution in [0.2, 0.25) is 0 Å². The van der Waals surface area contributed by atoms with Crippen LogP contribution in [0.4, 0.5) is 14.7 Å². The number of aromatic nitrogens is 3. The Kier molecular flexibility index (Phi) is 4.34. The molecule has 0 aromatic carbocycles. The molecule has 7 heteroatoms. The largest absolute Gasteiger partial charge is 0.340 e. The highest BCUT2D eigenvalue weighted by Gasteiger charge is 2.59. The van der Waals surface area contributed by atoms with Crippen molar-refractivity contribution in [2.75, 3.05) is 31.1 Å². The maximum atomic E-state index is 14.9. The van der Waals surface area contributed by atoms with Gasteiger partial charge in [-0.3, -0.25) is 9.88 Å². The molecule has 4 rings (SSSR count). The highest BCUT2D eigenvalue weighted by atomic mass is 19.3. The molecule has 0 amide bonds. The van der Waals surface area contributed by atoms with E-state index in [0.717, 1.165) is 11.4 Å². The van der Waals surface area contributed by atoms with Crippen LogP contribution in [0, 0.1) is 12.3 Å². The van der Waals surface area contributed by atoms with Crippen LogP contribution in [0.5, 0.6) is 0 Å². The van der Waals surface area contributed by atoms with Crippen LogP contribution in [-0.2, 0) is 6.54 Å². The molecule has 0 aliphatic carbocycles. The molecule has 2 saturated heterocycles. The summed E-state index contributed by atoms with van der Waals surface area (Å²) in [6.07, 6.45) is 3.66. The number of anilines is 1. The number of rotatable bonds is 3. The molecule has 0 radical (unpaired) electrons. The first-order chi connectivity index (χ1) is 12.5. The minimum atomic E-state index is -2.67. The van der Waals surface area contributed by atoms with Gasteiger partial charge in [-0.2, -0.15) is 0 Å². The first kappa shape index (κ1) is 17.3. The van der Waals surface area contributed by atoms with Crippen molar-refractivity contribution < 1.29 is 8.78 Å². The fraction of sp³-hybridized carbons (Fsp3) is 0.526. The minimum Gasteiger partial charge on any atom is -0.340 e. The molecule has 0 bridgehead atoms. The first-order valence-corrected chi connectivity index (χ1v) is 9.02. The summed E-state index contributed by atoms with van der Waals surface area (Å²) < 4.78 is 29.8. The number of pyridine rings is 1. The summed E-state index contributed by atoms with van der Waals surface area (Å²) in [6, 6.07) is 7.62. The number of aryl methyl sites for hydroxylation is 1. The molecule has 2 aromatic heterocycles. The van der Waals surface area contributed by atoms with Gasteiger partial charge in [0.25, 0.3) is 5.92 Å². The van der Waals surface area contributed by atoms with E-state index >= 15 is 0 Å². The molecule has 0 N–H and O–H groups in total. The smallest absolute Gasteiger partial charge is 0.257 e. The van der Waals surface area contributed by atoms with Crippen molar-refractivity contribution >= 4 is 5.95 Å². The van der Waals surface area contributed by atoms with Gasteiger partial charge >= 0.3 is 0 Å². The van der Waals surface area contributed by atoms with Gasteiger partial charge < -0.3 is 4.90 Å². The van der Waals surface area contributed by atoms with E-state index in [1.807, 2.05) is 30.0 Å². The summed E-state index contributed by atoms with van der Waals surface area (Å²) in [5.41, 5.74) is 0.841. The highest BCUT2D eigenvalue weighted by molar-refractivity contribution is 5.33. The lowest BCUT2D eigenvalue weighted by Crippen LogP contribution is -2.56. The third-order valence-corrected chi connectivity index (χ3v) is 5.56. The second kappa shape index (κ2) is 6.54. The third kappa shape index (κ3) is 3.16. The van der Waals surface area contributed by atoms with Gasteiger partial charge in [0, 0.05) is 57.2 Å². The fourth-order valence-electron chi connectivity index (χ4n) is 4.16. The zero-order valence-electron chi connectivity index (χ0n) is 14.9. The van der Waals surface area contributed by atoms with E-state index in [1.54, 1.807) is 18.5 Å². The Morgan fingerprint density at radius 1 is 1.04 bits per heavy atom. The van der Waals surface area contributed by atoms with E-state index < -0.39 is 11.3 Å². The van der Waals surface area contributed by atoms with E-state index in [9.17, 15) is 8.78 Å². The Morgan fingerprint density at radius 3 is 2.62 bits per heavy atom. The van der Waals surface area contributed by atoms with Crippen molar-refractivity contribution in [2.45, 2.75) is 32.2 Å². The zero-order valence-corrected chi connectivity index (χ0v) is 14.9. The number of piperidine rings is 1. The summed E-state index contributed by atoms with van der Waals surface area (Å²) >= 11 is 0. The van der Waals surface area contributed by atoms with Crippen molar-refractivity contribution in [3.63, 3.8) is 0 Å². The maximum Gasteiger partial charge on any atom is 0.257 e. The van der Waals surface area contributed by atoms with Crippen molar-refractivity contribution in [3.05, 3.63) is 48.0 Å². The summed E-state index contributed by atoms with van der Waals surface area (Å²) in [5, 5.41) is 0. The number of halogens is 2. The van der Waals surface area contributed by atoms with Crippen LogP contribution in [0.15, 0.2) is 36.7 Å². The topological polar surface area (TPSA) is 45.2 Å². The van der Waals surface area contributed by atoms with Crippen LogP contribution >= 0.6 is 0 Å². The minimum absolute atomic E-state index is 0.109. The number of likely N-dealkylation sites (tertiary alicyclic amines) is 1. The number of alkyl halides is 2. The Balaban J connectivity index is 1.52. The quantitative estimate of drug-likeness (QED) is 0.843. The summed E-state index contributed by atoms with van der Waals surface area (Å²) in [4.78, 5) is 17.0. The Hall–Kier alpha value is -2.15. The second-order valence-corrected chi connectivity index (χ2v) is 7.44. The van der Waals surface area contributed by atoms with Crippen LogP contribution in [0.3, 0.4) is 0 Å². The van der Waals surface area contributed by atoms with Gasteiger partial charge in [0.2, 0.25) is 5.95 Å². The average Bonchev–Trinajstić information content (AvgIpc) is 3.05. The van der Waals surface area contributed by atoms with Crippen LogP contribution in [-0.4, -0.2) is 52.0 Å². The molecule has 5 nitrogen and oxygen atoms in total. The highest BCUT2D eigenvalue weighted by Crippen LogP contribution is 2.50. The van der Waals surface area contributed by atoms with Crippen molar-refractivity contribution in [1.82, 2.24) is 19.9 Å². The molecule has 1 spiro atoms. The molecular weight excluding hydrogens is 336 g/mol. The Bertz CT molecular complexity index is 770.